The molecule has 0 aliphatic heterocycles. The molecule has 4 rings (SSSR count). The van der Waals surface area contributed by atoms with Crippen LogP contribution in [0.3, 0.4) is 0 Å². The van der Waals surface area contributed by atoms with E-state index in [1.165, 1.54) is 32.2 Å². The quantitative estimate of drug-likeness (QED) is 0.203. The van der Waals surface area contributed by atoms with Gasteiger partial charge in [-0.25, -0.2) is 0 Å². The number of hydrogen-bond donors (Lipinski definition) is 2. The molecule has 0 aromatic heterocycles. The van der Waals surface area contributed by atoms with Gasteiger partial charge in [0.25, 0.3) is 16.0 Å². The summed E-state index contributed by atoms with van der Waals surface area (Å²) < 4.78 is 38.1. The van der Waals surface area contributed by atoms with Gasteiger partial charge < -0.3 is 15.2 Å². The molecule has 0 saturated heterocycles. The van der Waals surface area contributed by atoms with Crippen LogP contribution in [0.5, 0.6) is 11.5 Å². The van der Waals surface area contributed by atoms with Gasteiger partial charge >= 0.3 is 29.6 Å². The minimum Gasteiger partial charge on any atom is -0.870 e. The van der Waals surface area contributed by atoms with Crippen molar-refractivity contribution in [2.75, 3.05) is 12.4 Å². The van der Waals surface area contributed by atoms with E-state index in [0.717, 1.165) is 6.07 Å². The number of carbonyl (C=O) groups excluding carboxylic acids is 1. The number of methoxy groups -OCH3 is 1. The summed E-state index contributed by atoms with van der Waals surface area (Å²) in [6.45, 7) is 1.39. The Kier molecular flexibility index (Phi) is 9.43. The van der Waals surface area contributed by atoms with Crippen LogP contribution in [-0.2, 0) is 10.1 Å². The molecule has 0 aliphatic rings. The van der Waals surface area contributed by atoms with Gasteiger partial charge in [-0.2, -0.15) is 13.5 Å². The first-order valence-corrected chi connectivity index (χ1v) is 12.8. The Morgan fingerprint density at radius 3 is 2.39 bits per heavy atom. The van der Waals surface area contributed by atoms with Crippen molar-refractivity contribution in [2.24, 2.45) is 10.2 Å². The van der Waals surface area contributed by atoms with Crippen LogP contribution in [0.15, 0.2) is 75.8 Å². The first-order valence-electron chi connectivity index (χ1n) is 10.6. The van der Waals surface area contributed by atoms with Crippen molar-refractivity contribution in [1.29, 1.82) is 0 Å². The molecule has 38 heavy (non-hydrogen) atoms. The second-order valence-electron chi connectivity index (χ2n) is 7.82. The summed E-state index contributed by atoms with van der Waals surface area (Å²) in [5.41, 5.74) is -0.130. The molecule has 0 spiro atoms. The molecule has 0 heterocycles. The first kappa shape index (κ1) is 29.9. The molecule has 0 saturated carbocycles. The Balaban J connectivity index is 0.00000400. The zero-order valence-electron chi connectivity index (χ0n) is 20.3. The van der Waals surface area contributed by atoms with E-state index < -0.39 is 26.7 Å². The Morgan fingerprint density at radius 1 is 1.03 bits per heavy atom. The van der Waals surface area contributed by atoms with E-state index in [-0.39, 0.29) is 62.8 Å². The number of rotatable bonds is 6. The van der Waals surface area contributed by atoms with E-state index in [2.05, 4.69) is 15.5 Å². The van der Waals surface area contributed by atoms with Crippen LogP contribution < -0.4 is 44.7 Å². The molecule has 0 unspecified atom stereocenters. The summed E-state index contributed by atoms with van der Waals surface area (Å²) in [5.74, 6) is -1.11. The first-order chi connectivity index (χ1) is 17.5. The molecule has 2 N–H and O–H groups in total. The van der Waals surface area contributed by atoms with Crippen molar-refractivity contribution in [3.8, 4) is 11.5 Å². The van der Waals surface area contributed by atoms with Gasteiger partial charge in [0.2, 0.25) is 0 Å². The summed E-state index contributed by atoms with van der Waals surface area (Å²) in [6, 6.07) is 15.2. The molecule has 0 atom stereocenters. The van der Waals surface area contributed by atoms with Crippen molar-refractivity contribution in [3.05, 3.63) is 81.8 Å². The minimum atomic E-state index is -4.55. The van der Waals surface area contributed by atoms with Gasteiger partial charge in [-0.05, 0) is 54.3 Å². The molecular formula is C25H18Cl2N3NaO6S. The molecule has 0 radical (unpaired) electrons. The summed E-state index contributed by atoms with van der Waals surface area (Å²) >= 11 is 12.2. The second-order valence-corrected chi connectivity index (χ2v) is 10.0. The third-order valence-electron chi connectivity index (χ3n) is 5.49. The number of benzene rings is 4. The summed E-state index contributed by atoms with van der Waals surface area (Å²) in [7, 11) is -3.12. The van der Waals surface area contributed by atoms with Gasteiger partial charge in [0.1, 0.15) is 11.4 Å². The molecular weight excluding hydrogens is 564 g/mol. The Labute approximate surface area is 250 Å². The van der Waals surface area contributed by atoms with Crippen molar-refractivity contribution in [1.82, 2.24) is 0 Å². The van der Waals surface area contributed by atoms with Crippen LogP contribution in [0.2, 0.25) is 10.0 Å². The van der Waals surface area contributed by atoms with Gasteiger partial charge in [-0.15, -0.1) is 5.11 Å². The largest absolute Gasteiger partial charge is 1.00 e. The SMILES string of the molecule is COc1ccc(Cl)cc1NC(=O)c1cc2ccccc2c(N=Nc2c(Cl)ccc(S(=O)(=O)O)c2C)c1[O-].[Na+]. The van der Waals surface area contributed by atoms with E-state index in [1.807, 2.05) is 0 Å². The number of halogens is 2. The molecule has 4 aromatic carbocycles. The smallest absolute Gasteiger partial charge is 0.870 e. The maximum atomic E-state index is 13.4. The number of ether oxygens (including phenoxy) is 1. The topological polar surface area (TPSA) is 140 Å². The molecule has 4 aromatic rings. The maximum absolute atomic E-state index is 13.4. The van der Waals surface area contributed by atoms with Crippen LogP contribution in [-0.4, -0.2) is 26.0 Å². The van der Waals surface area contributed by atoms with Crippen LogP contribution >= 0.6 is 23.2 Å². The Bertz CT molecular complexity index is 1700. The zero-order chi connectivity index (χ0) is 26.9. The number of hydrogen-bond acceptors (Lipinski definition) is 7. The number of azo groups is 1. The molecule has 0 fully saturated rings. The summed E-state index contributed by atoms with van der Waals surface area (Å²) in [4.78, 5) is 12.7. The van der Waals surface area contributed by atoms with Gasteiger partial charge in [-0.1, -0.05) is 53.2 Å². The Hall–Kier alpha value is -2.70. The number of amides is 1. The monoisotopic (exact) mass is 581 g/mol. The number of nitrogens with zero attached hydrogens (tertiary/aromatic N) is 2. The molecule has 0 aliphatic carbocycles. The van der Waals surface area contributed by atoms with Gasteiger partial charge in [0.05, 0.1) is 28.4 Å². The normalized spacial score (nSPS) is 11.4. The number of nitrogens with one attached hydrogen (secondary N) is 1. The third kappa shape index (κ3) is 6.13. The van der Waals surface area contributed by atoms with E-state index in [1.54, 1.807) is 36.4 Å². The van der Waals surface area contributed by atoms with Crippen LogP contribution in [0.25, 0.3) is 10.8 Å². The molecule has 1 amide bonds. The van der Waals surface area contributed by atoms with Crippen LogP contribution in [0.1, 0.15) is 15.9 Å². The van der Waals surface area contributed by atoms with E-state index >= 15 is 0 Å². The zero-order valence-corrected chi connectivity index (χ0v) is 24.6. The van der Waals surface area contributed by atoms with Crippen molar-refractivity contribution >= 4 is 67.1 Å². The molecule has 0 bridgehead atoms. The number of carbonyl (C=O) groups is 1. The summed E-state index contributed by atoms with van der Waals surface area (Å²) in [5, 5.41) is 25.5. The Morgan fingerprint density at radius 2 is 1.71 bits per heavy atom. The van der Waals surface area contributed by atoms with Crippen molar-refractivity contribution in [2.45, 2.75) is 11.8 Å². The average molecular weight is 582 g/mol. The van der Waals surface area contributed by atoms with Crippen molar-refractivity contribution in [3.63, 3.8) is 0 Å². The average Bonchev–Trinajstić information content (AvgIpc) is 2.84. The number of fused-ring (bicyclic) bond motifs is 1. The fourth-order valence-corrected chi connectivity index (χ4v) is 4.83. The molecule has 13 heteroatoms. The van der Waals surface area contributed by atoms with E-state index in [0.29, 0.717) is 21.5 Å². The fraction of sp³-hybridized carbons (Fsp3) is 0.0800. The minimum absolute atomic E-state index is 0. The van der Waals surface area contributed by atoms with Crippen molar-refractivity contribution < 1.29 is 57.2 Å². The standard InChI is InChI=1S/C25H19Cl2N3O6S.Na/c1-13-21(37(33,34)35)10-8-18(27)22(13)29-30-23-16-6-4-3-5-14(16)11-17(24(23)31)25(32)28-19-12-15(26)7-9-20(19)36-2;/h3-12,31H,1-2H3,(H,28,32)(H,33,34,35);/q;+1/p-1. The van der Waals surface area contributed by atoms with Crippen LogP contribution in [0.4, 0.5) is 17.1 Å². The molecule has 190 valence electrons. The van der Waals surface area contributed by atoms with Gasteiger partial charge in [0, 0.05) is 16.0 Å². The predicted octanol–water partition coefficient (Wildman–Crippen LogP) is 3.46. The van der Waals surface area contributed by atoms with E-state index in [4.69, 9.17) is 27.9 Å². The maximum Gasteiger partial charge on any atom is 1.00 e. The predicted molar refractivity (Wildman–Crippen MR) is 140 cm³/mol. The second kappa shape index (κ2) is 12.0. The fourth-order valence-electron chi connectivity index (χ4n) is 3.70. The molecule has 9 nitrogen and oxygen atoms in total. The number of anilines is 1. The third-order valence-corrected chi connectivity index (χ3v) is 7.03. The van der Waals surface area contributed by atoms with Gasteiger partial charge in [0.15, 0.2) is 0 Å². The van der Waals surface area contributed by atoms with E-state index in [9.17, 15) is 22.9 Å². The van der Waals surface area contributed by atoms with Crippen LogP contribution in [0, 0.1) is 6.92 Å². The summed E-state index contributed by atoms with van der Waals surface area (Å²) in [6.07, 6.45) is 0. The van der Waals surface area contributed by atoms with Gasteiger partial charge in [-0.3, -0.25) is 9.35 Å².